The van der Waals surface area contributed by atoms with Crippen molar-refractivity contribution in [3.63, 3.8) is 0 Å². The van der Waals surface area contributed by atoms with Gasteiger partial charge in [-0.25, -0.2) is 12.4 Å². The summed E-state index contributed by atoms with van der Waals surface area (Å²) in [4.78, 5) is 31.1. The van der Waals surface area contributed by atoms with Crippen molar-refractivity contribution in [1.29, 1.82) is 0 Å². The number of carbonyl (C=O) groups excluding carboxylic acids is 2. The molecule has 0 saturated carbocycles. The third-order valence-corrected chi connectivity index (χ3v) is 16.1. The van der Waals surface area contributed by atoms with Gasteiger partial charge in [-0.3, -0.25) is 9.59 Å². The second-order valence-electron chi connectivity index (χ2n) is 11.3. The molecule has 1 aromatic heterocycles. The predicted molar refractivity (Wildman–Crippen MR) is 149 cm³/mol. The zero-order valence-corrected chi connectivity index (χ0v) is 25.9. The second kappa shape index (κ2) is 11.5. The molecular formula is C24H38N4O6SSi2. The molecule has 2 aromatic rings. The fourth-order valence-electron chi connectivity index (χ4n) is 5.26. The summed E-state index contributed by atoms with van der Waals surface area (Å²) in [6.45, 7) is 13.7. The third kappa shape index (κ3) is 6.92. The Balaban J connectivity index is 3.04. The van der Waals surface area contributed by atoms with Gasteiger partial charge in [0.1, 0.15) is 6.79 Å². The van der Waals surface area contributed by atoms with Crippen LogP contribution in [0.15, 0.2) is 30.3 Å². The third-order valence-electron chi connectivity index (χ3n) is 5.97. The minimum atomic E-state index is -3.82. The molecule has 0 N–H and O–H groups in total. The molecule has 0 bridgehead atoms. The van der Waals surface area contributed by atoms with E-state index in [2.05, 4.69) is 44.1 Å². The molecule has 2 rings (SSSR count). The summed E-state index contributed by atoms with van der Waals surface area (Å²) in [7, 11) is -6.79. The Bertz CT molecular complexity index is 1310. The number of hydrogen-bond acceptors (Lipinski definition) is 6. The highest BCUT2D eigenvalue weighted by Crippen LogP contribution is 2.36. The van der Waals surface area contributed by atoms with Crippen LogP contribution >= 0.6 is 0 Å². The van der Waals surface area contributed by atoms with Crippen molar-refractivity contribution in [2.24, 2.45) is 0 Å². The van der Waals surface area contributed by atoms with E-state index >= 15 is 0 Å². The molecular weight excluding hydrogens is 529 g/mol. The summed E-state index contributed by atoms with van der Waals surface area (Å²) in [5.41, 5.74) is 9.82. The number of methoxy groups -OCH3 is 1. The number of Topliss-reactive ketones (excluding diaryl/α,β-unsaturated/α-hetero) is 1. The van der Waals surface area contributed by atoms with Crippen LogP contribution in [0, 0.1) is 0 Å². The van der Waals surface area contributed by atoms with Gasteiger partial charge in [-0.1, -0.05) is 57.5 Å². The molecule has 1 unspecified atom stereocenters. The van der Waals surface area contributed by atoms with Crippen LogP contribution in [0.25, 0.3) is 16.4 Å². The summed E-state index contributed by atoms with van der Waals surface area (Å²) in [6.07, 6.45) is 1.10. The van der Waals surface area contributed by atoms with Gasteiger partial charge in [0.15, 0.2) is 0 Å². The highest BCUT2D eigenvalue weighted by molar-refractivity contribution is 7.89. The van der Waals surface area contributed by atoms with Gasteiger partial charge in [0.05, 0.1) is 46.3 Å². The van der Waals surface area contributed by atoms with Gasteiger partial charge in [0, 0.05) is 24.7 Å². The van der Waals surface area contributed by atoms with Crippen molar-refractivity contribution in [2.45, 2.75) is 57.5 Å². The maximum Gasteiger partial charge on any atom is 0.421 e. The first-order chi connectivity index (χ1) is 17.0. The lowest BCUT2D eigenvalue weighted by Gasteiger charge is -2.48. The molecule has 1 heterocycles. The number of carbonyl (C=O) groups is 2. The first-order valence-corrected chi connectivity index (χ1v) is 20.9. The maximum absolute atomic E-state index is 14.1. The largest absolute Gasteiger partial charge is 0.421 e. The molecule has 37 heavy (non-hydrogen) atoms. The molecule has 0 aliphatic rings. The zero-order chi connectivity index (χ0) is 28.3. The minimum Gasteiger partial charge on any atom is -0.360 e. The standard InChI is InChI=1S/C24H38N4O6SSi2/c1-17(29)22(26-25)23(30)27(24(36(4,5)6)37(7,8)9)21(15-34-16-33-2)20-14-18-12-10-11-13-19(18)28(20)35(3,31)32/h10-14,21,24H,15-16H2,1-9H3. The van der Waals surface area contributed by atoms with E-state index in [9.17, 15) is 23.5 Å². The van der Waals surface area contributed by atoms with E-state index in [1.807, 2.05) is 0 Å². The average molecular weight is 567 g/mol. The molecule has 0 fully saturated rings. The van der Waals surface area contributed by atoms with Crippen LogP contribution in [0.4, 0.5) is 0 Å². The van der Waals surface area contributed by atoms with Crippen molar-refractivity contribution >= 4 is 54.5 Å². The summed E-state index contributed by atoms with van der Waals surface area (Å²) in [5, 5.41) is 0.387. The quantitative estimate of drug-likeness (QED) is 0.0736. The van der Waals surface area contributed by atoms with Crippen molar-refractivity contribution in [2.75, 3.05) is 26.8 Å². The summed E-state index contributed by atoms with van der Waals surface area (Å²) in [5.74, 6) is -1.45. The first kappa shape index (κ1) is 30.8. The van der Waals surface area contributed by atoms with Crippen molar-refractivity contribution in [1.82, 2.24) is 8.87 Å². The van der Waals surface area contributed by atoms with Crippen LogP contribution in [-0.4, -0.2) is 87.7 Å². The van der Waals surface area contributed by atoms with Gasteiger partial charge in [0.2, 0.25) is 15.8 Å². The first-order valence-electron chi connectivity index (χ1n) is 11.9. The number of ether oxygens (including phenoxy) is 2. The number of aromatic nitrogens is 1. The number of para-hydroxylation sites is 1. The number of fused-ring (bicyclic) bond motifs is 1. The second-order valence-corrected chi connectivity index (χ2v) is 24.3. The monoisotopic (exact) mass is 566 g/mol. The molecule has 0 spiro atoms. The van der Waals surface area contributed by atoms with E-state index in [0.717, 1.165) is 13.2 Å². The molecule has 1 amide bonds. The van der Waals surface area contributed by atoms with E-state index < -0.39 is 49.6 Å². The van der Waals surface area contributed by atoms with Gasteiger partial charge in [-0.2, -0.15) is 4.79 Å². The number of nitrogens with zero attached hydrogens (tertiary/aromatic N) is 4. The zero-order valence-electron chi connectivity index (χ0n) is 23.1. The Morgan fingerprint density at radius 2 is 1.68 bits per heavy atom. The maximum atomic E-state index is 14.1. The molecule has 13 heteroatoms. The topological polar surface area (TPSA) is 131 Å². The molecule has 1 atom stereocenters. The van der Waals surface area contributed by atoms with E-state index in [1.165, 1.54) is 11.1 Å². The lowest BCUT2D eigenvalue weighted by Crippen LogP contribution is -2.67. The Labute approximate surface area is 221 Å². The molecule has 1 aromatic carbocycles. The van der Waals surface area contributed by atoms with Gasteiger partial charge < -0.3 is 19.9 Å². The van der Waals surface area contributed by atoms with Gasteiger partial charge in [0.25, 0.3) is 0 Å². The van der Waals surface area contributed by atoms with Gasteiger partial charge >= 0.3 is 11.6 Å². The summed E-state index contributed by atoms with van der Waals surface area (Å²) >= 11 is 0. The van der Waals surface area contributed by atoms with Gasteiger partial charge in [-0.05, 0) is 12.1 Å². The Morgan fingerprint density at radius 1 is 1.11 bits per heavy atom. The Kier molecular flexibility index (Phi) is 9.61. The normalized spacial score (nSPS) is 13.5. The highest BCUT2D eigenvalue weighted by atomic mass is 32.2. The number of hydrogen-bond donors (Lipinski definition) is 0. The fraction of sp³-hybridized carbons (Fsp3) is 0.542. The van der Waals surface area contributed by atoms with E-state index in [0.29, 0.717) is 16.6 Å². The van der Waals surface area contributed by atoms with Crippen molar-refractivity contribution in [3.8, 4) is 0 Å². The average Bonchev–Trinajstić information content (AvgIpc) is 3.13. The molecule has 0 saturated heterocycles. The highest BCUT2D eigenvalue weighted by Gasteiger charge is 2.50. The molecule has 0 aliphatic heterocycles. The van der Waals surface area contributed by atoms with E-state index in [-0.39, 0.29) is 18.7 Å². The summed E-state index contributed by atoms with van der Waals surface area (Å²) < 4.78 is 38.3. The predicted octanol–water partition coefficient (Wildman–Crippen LogP) is 3.32. The van der Waals surface area contributed by atoms with Gasteiger partial charge in [-0.15, -0.1) is 0 Å². The number of rotatable bonds is 12. The molecule has 0 aliphatic carbocycles. The number of amides is 1. The van der Waals surface area contributed by atoms with Crippen LogP contribution in [-0.2, 0) is 29.1 Å². The SMILES string of the molecule is COCOCC(c1cc2ccccc2n1S(C)(=O)=O)N(C(=O)C(=[N+]=[N-])C(C)=O)C([Si](C)(C)C)[Si](C)(C)C. The molecule has 204 valence electrons. The fourth-order valence-corrected chi connectivity index (χ4v) is 19.0. The lowest BCUT2D eigenvalue weighted by molar-refractivity contribution is -0.136. The Morgan fingerprint density at radius 3 is 2.14 bits per heavy atom. The van der Waals surface area contributed by atoms with Crippen LogP contribution in [0.3, 0.4) is 0 Å². The molecule has 10 nitrogen and oxygen atoms in total. The van der Waals surface area contributed by atoms with Crippen LogP contribution in [0.5, 0.6) is 0 Å². The van der Waals surface area contributed by atoms with E-state index in [4.69, 9.17) is 9.47 Å². The van der Waals surface area contributed by atoms with Crippen LogP contribution in [0.2, 0.25) is 39.3 Å². The minimum absolute atomic E-state index is 0.0875. The van der Waals surface area contributed by atoms with Crippen LogP contribution in [0.1, 0.15) is 18.7 Å². The van der Waals surface area contributed by atoms with Crippen molar-refractivity contribution < 1.29 is 32.3 Å². The molecule has 0 radical (unpaired) electrons. The van der Waals surface area contributed by atoms with Crippen LogP contribution < -0.4 is 0 Å². The number of benzene rings is 1. The summed E-state index contributed by atoms with van der Waals surface area (Å²) in [6, 6.07) is 7.84. The Hall–Kier alpha value is -2.42. The number of ketones is 1. The van der Waals surface area contributed by atoms with E-state index in [1.54, 1.807) is 35.2 Å². The smallest absolute Gasteiger partial charge is 0.360 e. The lowest BCUT2D eigenvalue weighted by atomic mass is 10.1. The van der Waals surface area contributed by atoms with Crippen molar-refractivity contribution in [3.05, 3.63) is 41.6 Å².